The van der Waals surface area contributed by atoms with Crippen LogP contribution < -0.4 is 5.73 Å². The van der Waals surface area contributed by atoms with Gasteiger partial charge in [0.1, 0.15) is 10.8 Å². The molecule has 0 aliphatic carbocycles. The van der Waals surface area contributed by atoms with Crippen LogP contribution in [0.3, 0.4) is 0 Å². The molecule has 0 aliphatic heterocycles. The maximum atomic E-state index is 13.1. The van der Waals surface area contributed by atoms with Crippen molar-refractivity contribution in [3.05, 3.63) is 46.2 Å². The first-order chi connectivity index (χ1) is 7.68. The average molecular weight is 236 g/mol. The molecule has 0 fully saturated rings. The number of thiazole rings is 1. The minimum absolute atomic E-state index is 0.0935. The summed E-state index contributed by atoms with van der Waals surface area (Å²) >= 11 is 1.39. The Morgan fingerprint density at radius 2 is 2.31 bits per heavy atom. The van der Waals surface area contributed by atoms with E-state index < -0.39 is 5.82 Å². The number of carbonyl (C=O) groups is 1. The van der Waals surface area contributed by atoms with Crippen LogP contribution in [0.25, 0.3) is 0 Å². The molecule has 2 aromatic rings. The Bertz CT molecular complexity index is 511. The Morgan fingerprint density at radius 1 is 1.50 bits per heavy atom. The number of para-hydroxylation sites is 1. The lowest BCUT2D eigenvalue weighted by Gasteiger charge is -2.03. The summed E-state index contributed by atoms with van der Waals surface area (Å²) in [7, 11) is 0. The van der Waals surface area contributed by atoms with E-state index in [0.29, 0.717) is 5.01 Å². The van der Waals surface area contributed by atoms with Gasteiger partial charge in [-0.05, 0) is 12.1 Å². The molecule has 0 saturated carbocycles. The molecular weight excluding hydrogens is 227 g/mol. The van der Waals surface area contributed by atoms with Crippen molar-refractivity contribution < 1.29 is 9.18 Å². The molecule has 0 aliphatic rings. The minimum atomic E-state index is -0.565. The molecule has 0 radical (unpaired) electrons. The summed E-state index contributed by atoms with van der Waals surface area (Å²) in [6.07, 6.45) is 1.79. The Hall–Kier alpha value is -1.75. The van der Waals surface area contributed by atoms with Crippen molar-refractivity contribution in [3.63, 3.8) is 0 Å². The summed E-state index contributed by atoms with van der Waals surface area (Å²) in [5.41, 5.74) is 5.62. The van der Waals surface area contributed by atoms with Gasteiger partial charge in [0.2, 0.25) is 0 Å². The largest absolute Gasteiger partial charge is 0.396 e. The van der Waals surface area contributed by atoms with E-state index in [4.69, 9.17) is 5.73 Å². The van der Waals surface area contributed by atoms with Crippen molar-refractivity contribution in [1.82, 2.24) is 4.98 Å². The molecule has 2 rings (SSSR count). The number of hydrogen-bond donors (Lipinski definition) is 1. The highest BCUT2D eigenvalue weighted by Gasteiger charge is 2.13. The second-order valence-corrected chi connectivity index (χ2v) is 4.21. The summed E-state index contributed by atoms with van der Waals surface area (Å²) in [6, 6.07) is 4.23. The number of benzene rings is 1. The maximum absolute atomic E-state index is 13.1. The molecule has 0 unspecified atom stereocenters. The molecule has 1 aromatic heterocycles. The minimum Gasteiger partial charge on any atom is -0.396 e. The van der Waals surface area contributed by atoms with Crippen LogP contribution in [-0.2, 0) is 6.42 Å². The smallest absolute Gasteiger partial charge is 0.171 e. The fraction of sp³-hybridized carbons (Fsp3) is 0.0909. The maximum Gasteiger partial charge on any atom is 0.171 e. The lowest BCUT2D eigenvalue weighted by atomic mass is 10.1. The summed E-state index contributed by atoms with van der Waals surface area (Å²) in [5.74, 6) is -0.781. The van der Waals surface area contributed by atoms with Crippen LogP contribution in [0.1, 0.15) is 15.4 Å². The van der Waals surface area contributed by atoms with E-state index in [2.05, 4.69) is 4.98 Å². The zero-order chi connectivity index (χ0) is 11.5. The van der Waals surface area contributed by atoms with Gasteiger partial charge in [0.15, 0.2) is 5.78 Å². The van der Waals surface area contributed by atoms with Gasteiger partial charge < -0.3 is 5.73 Å². The third-order valence-electron chi connectivity index (χ3n) is 2.15. The quantitative estimate of drug-likeness (QED) is 0.657. The van der Waals surface area contributed by atoms with E-state index in [0.717, 1.165) is 0 Å². The van der Waals surface area contributed by atoms with Crippen LogP contribution in [0.2, 0.25) is 0 Å². The topological polar surface area (TPSA) is 56.0 Å². The first kappa shape index (κ1) is 10.8. The van der Waals surface area contributed by atoms with Crippen LogP contribution in [0.15, 0.2) is 29.8 Å². The molecule has 16 heavy (non-hydrogen) atoms. The summed E-state index contributed by atoms with van der Waals surface area (Å²) < 4.78 is 13.1. The fourth-order valence-corrected chi connectivity index (χ4v) is 1.97. The number of nitrogen functional groups attached to an aromatic ring is 1. The first-order valence-electron chi connectivity index (χ1n) is 4.64. The lowest BCUT2D eigenvalue weighted by Crippen LogP contribution is -2.08. The molecule has 1 aromatic carbocycles. The van der Waals surface area contributed by atoms with Crippen molar-refractivity contribution in [2.24, 2.45) is 0 Å². The van der Waals surface area contributed by atoms with E-state index in [-0.39, 0.29) is 23.5 Å². The van der Waals surface area contributed by atoms with Crippen molar-refractivity contribution in [3.8, 4) is 0 Å². The predicted molar refractivity (Wildman–Crippen MR) is 61.0 cm³/mol. The van der Waals surface area contributed by atoms with Crippen molar-refractivity contribution in [1.29, 1.82) is 0 Å². The average Bonchev–Trinajstić information content (AvgIpc) is 2.74. The third kappa shape index (κ3) is 2.09. The molecule has 0 atom stereocenters. The molecular formula is C11H9FN2OS. The molecule has 0 amide bonds. The van der Waals surface area contributed by atoms with E-state index in [1.165, 1.54) is 29.5 Å². The van der Waals surface area contributed by atoms with Gasteiger partial charge in [-0.1, -0.05) is 6.07 Å². The molecule has 0 saturated heterocycles. The van der Waals surface area contributed by atoms with Crippen LogP contribution in [-0.4, -0.2) is 10.8 Å². The van der Waals surface area contributed by atoms with Crippen molar-refractivity contribution >= 4 is 22.8 Å². The Kier molecular flexibility index (Phi) is 2.96. The molecule has 0 spiro atoms. The summed E-state index contributed by atoms with van der Waals surface area (Å²) in [6.45, 7) is 0. The van der Waals surface area contributed by atoms with E-state index in [1.807, 2.05) is 0 Å². The van der Waals surface area contributed by atoms with Gasteiger partial charge in [0, 0.05) is 17.1 Å². The Balaban J connectivity index is 2.24. The second kappa shape index (κ2) is 4.40. The van der Waals surface area contributed by atoms with Crippen molar-refractivity contribution in [2.75, 3.05) is 5.73 Å². The Labute approximate surface area is 95.7 Å². The van der Waals surface area contributed by atoms with Gasteiger partial charge in [0.05, 0.1) is 12.1 Å². The highest BCUT2D eigenvalue weighted by molar-refractivity contribution is 7.09. The summed E-state index contributed by atoms with van der Waals surface area (Å²) in [4.78, 5) is 15.8. The van der Waals surface area contributed by atoms with Gasteiger partial charge in [-0.3, -0.25) is 4.79 Å². The number of rotatable bonds is 3. The molecule has 1 heterocycles. The van der Waals surface area contributed by atoms with Crippen LogP contribution >= 0.6 is 11.3 Å². The molecule has 2 N–H and O–H groups in total. The lowest BCUT2D eigenvalue weighted by molar-refractivity contribution is 0.0993. The second-order valence-electron chi connectivity index (χ2n) is 3.23. The van der Waals surface area contributed by atoms with Gasteiger partial charge in [-0.2, -0.15) is 0 Å². The zero-order valence-corrected chi connectivity index (χ0v) is 9.13. The number of halogens is 1. The SMILES string of the molecule is Nc1c(F)cccc1C(=O)Cc1nccs1. The van der Waals surface area contributed by atoms with Gasteiger partial charge in [-0.15, -0.1) is 11.3 Å². The molecule has 82 valence electrons. The van der Waals surface area contributed by atoms with Crippen LogP contribution in [0, 0.1) is 5.82 Å². The number of nitrogens with two attached hydrogens (primary N) is 1. The molecule has 0 bridgehead atoms. The Morgan fingerprint density at radius 3 is 3.00 bits per heavy atom. The standard InChI is InChI=1S/C11H9FN2OS/c12-8-3-1-2-7(11(8)13)9(15)6-10-14-4-5-16-10/h1-5H,6,13H2. The fourth-order valence-electron chi connectivity index (χ4n) is 1.35. The van der Waals surface area contributed by atoms with Gasteiger partial charge >= 0.3 is 0 Å². The van der Waals surface area contributed by atoms with E-state index in [9.17, 15) is 9.18 Å². The van der Waals surface area contributed by atoms with Gasteiger partial charge in [0.25, 0.3) is 0 Å². The highest BCUT2D eigenvalue weighted by Crippen LogP contribution is 2.18. The monoisotopic (exact) mass is 236 g/mol. The number of nitrogens with zero attached hydrogens (tertiary/aromatic N) is 1. The first-order valence-corrected chi connectivity index (χ1v) is 5.52. The molecule has 5 heteroatoms. The van der Waals surface area contributed by atoms with E-state index >= 15 is 0 Å². The number of hydrogen-bond acceptors (Lipinski definition) is 4. The van der Waals surface area contributed by atoms with Crippen LogP contribution in [0.5, 0.6) is 0 Å². The number of carbonyl (C=O) groups excluding carboxylic acids is 1. The third-order valence-corrected chi connectivity index (χ3v) is 2.93. The number of anilines is 1. The zero-order valence-electron chi connectivity index (χ0n) is 8.31. The molecule has 3 nitrogen and oxygen atoms in total. The number of Topliss-reactive ketones (excluding diaryl/α,β-unsaturated/α-hetero) is 1. The summed E-state index contributed by atoms with van der Waals surface area (Å²) in [5, 5.41) is 2.49. The number of aromatic nitrogens is 1. The predicted octanol–water partition coefficient (Wildman–Crippen LogP) is 2.29. The normalized spacial score (nSPS) is 10.3. The highest BCUT2D eigenvalue weighted by atomic mass is 32.1. The van der Waals surface area contributed by atoms with Gasteiger partial charge in [-0.25, -0.2) is 9.37 Å². The van der Waals surface area contributed by atoms with Crippen molar-refractivity contribution in [2.45, 2.75) is 6.42 Å². The van der Waals surface area contributed by atoms with Crippen LogP contribution in [0.4, 0.5) is 10.1 Å². The number of ketones is 1. The van der Waals surface area contributed by atoms with E-state index in [1.54, 1.807) is 11.6 Å².